The van der Waals surface area contributed by atoms with E-state index in [4.69, 9.17) is 9.72 Å². The van der Waals surface area contributed by atoms with Crippen LogP contribution in [0.3, 0.4) is 0 Å². The number of amides is 1. The Morgan fingerprint density at radius 2 is 2.03 bits per heavy atom. The highest BCUT2D eigenvalue weighted by atomic mass is 32.2. The number of hydrogen-bond donors (Lipinski definition) is 0. The lowest BCUT2D eigenvalue weighted by Crippen LogP contribution is -2.41. The molecule has 0 saturated carbocycles. The molecule has 2 aliphatic heterocycles. The van der Waals surface area contributed by atoms with Gasteiger partial charge < -0.3 is 9.64 Å². The molecule has 1 unspecified atom stereocenters. The normalized spacial score (nSPS) is 18.5. The number of nitrogens with zero attached hydrogens (tertiary/aromatic N) is 5. The van der Waals surface area contributed by atoms with Gasteiger partial charge >= 0.3 is 5.97 Å². The molecule has 1 saturated heterocycles. The fraction of sp³-hybridized carbons (Fsp3) is 0.435. The number of esters is 1. The van der Waals surface area contributed by atoms with Crippen LogP contribution in [-0.4, -0.2) is 62.1 Å². The van der Waals surface area contributed by atoms with Crippen LogP contribution in [0.1, 0.15) is 30.9 Å². The summed E-state index contributed by atoms with van der Waals surface area (Å²) in [7, 11) is 1.39. The van der Waals surface area contributed by atoms with Crippen LogP contribution in [0.25, 0.3) is 16.7 Å². The molecule has 0 bridgehead atoms. The second kappa shape index (κ2) is 8.66. The Balaban J connectivity index is 1.37. The summed E-state index contributed by atoms with van der Waals surface area (Å²) in [6.45, 7) is 3.06. The predicted molar refractivity (Wildman–Crippen MR) is 124 cm³/mol. The van der Waals surface area contributed by atoms with E-state index >= 15 is 0 Å². The molecule has 1 fully saturated rings. The molecule has 0 N–H and O–H groups in total. The van der Waals surface area contributed by atoms with E-state index in [2.05, 4.69) is 5.10 Å². The maximum Gasteiger partial charge on any atom is 0.308 e. The third kappa shape index (κ3) is 3.92. The summed E-state index contributed by atoms with van der Waals surface area (Å²) < 4.78 is 8.16. The highest BCUT2D eigenvalue weighted by Gasteiger charge is 2.33. The molecule has 0 radical (unpaired) electrons. The zero-order valence-corrected chi connectivity index (χ0v) is 19.4. The van der Waals surface area contributed by atoms with E-state index in [1.54, 1.807) is 20.3 Å². The number of benzene rings is 1. The number of ether oxygens (including phenoxy) is 1. The van der Waals surface area contributed by atoms with Crippen LogP contribution in [0.15, 0.2) is 40.4 Å². The van der Waals surface area contributed by atoms with E-state index in [-0.39, 0.29) is 35.8 Å². The standard InChI is InChI=1S/C23H25N5O4S/c1-14-4-3-5-16(10-14)28-20-18(12-24-28)21(30)27-17(13-33-23(27)25-20)11-19(29)26-8-6-15(7-9-26)22(31)32-2/h3-5,10,12,15,17H,6-9,11,13H2,1-2H3. The van der Waals surface area contributed by atoms with Gasteiger partial charge in [-0.2, -0.15) is 5.10 Å². The molecule has 0 aliphatic carbocycles. The van der Waals surface area contributed by atoms with Crippen molar-refractivity contribution in [3.8, 4) is 5.69 Å². The molecule has 5 rings (SSSR count). The van der Waals surface area contributed by atoms with Gasteiger partial charge in [-0.3, -0.25) is 19.0 Å². The van der Waals surface area contributed by atoms with Crippen LogP contribution in [0.5, 0.6) is 0 Å². The third-order valence-corrected chi connectivity index (χ3v) is 7.51. The van der Waals surface area contributed by atoms with Crippen molar-refractivity contribution in [1.82, 2.24) is 24.2 Å². The van der Waals surface area contributed by atoms with Gasteiger partial charge in [-0.25, -0.2) is 9.67 Å². The molecular formula is C23H25N5O4S. The summed E-state index contributed by atoms with van der Waals surface area (Å²) >= 11 is 1.49. The van der Waals surface area contributed by atoms with E-state index in [1.807, 2.05) is 31.2 Å². The Hall–Kier alpha value is -3.14. The number of hydrogen-bond acceptors (Lipinski definition) is 7. The molecule has 2 aliphatic rings. The van der Waals surface area contributed by atoms with E-state index in [9.17, 15) is 14.4 Å². The van der Waals surface area contributed by atoms with Crippen LogP contribution in [-0.2, 0) is 14.3 Å². The van der Waals surface area contributed by atoms with E-state index in [0.29, 0.717) is 47.9 Å². The van der Waals surface area contributed by atoms with E-state index in [1.165, 1.54) is 18.9 Å². The van der Waals surface area contributed by atoms with Crippen molar-refractivity contribution in [3.63, 3.8) is 0 Å². The summed E-state index contributed by atoms with van der Waals surface area (Å²) in [5, 5.41) is 5.47. The SMILES string of the molecule is COC(=O)C1CCN(C(=O)CC2CSc3nc4c(cnn4-c4cccc(C)c4)c(=O)n32)CC1. The summed E-state index contributed by atoms with van der Waals surface area (Å²) in [5.74, 6) is 0.263. The Morgan fingerprint density at radius 3 is 2.76 bits per heavy atom. The number of likely N-dealkylation sites (tertiary alicyclic amines) is 1. The molecule has 1 aromatic carbocycles. The van der Waals surface area contributed by atoms with Crippen molar-refractivity contribution >= 4 is 34.7 Å². The van der Waals surface area contributed by atoms with Crippen LogP contribution >= 0.6 is 11.8 Å². The monoisotopic (exact) mass is 467 g/mol. The Bertz CT molecular complexity index is 1290. The second-order valence-electron chi connectivity index (χ2n) is 8.55. The first kappa shape index (κ1) is 21.7. The van der Waals surface area contributed by atoms with Gasteiger partial charge in [0.15, 0.2) is 10.8 Å². The number of thioether (sulfide) groups is 1. The molecule has 0 spiro atoms. The molecule has 33 heavy (non-hydrogen) atoms. The van der Waals surface area contributed by atoms with Crippen molar-refractivity contribution < 1.29 is 14.3 Å². The molecule has 10 heteroatoms. The van der Waals surface area contributed by atoms with Crippen molar-refractivity contribution in [2.45, 2.75) is 37.4 Å². The van der Waals surface area contributed by atoms with E-state index < -0.39 is 0 Å². The average molecular weight is 468 g/mol. The van der Waals surface area contributed by atoms with Crippen LogP contribution in [0.2, 0.25) is 0 Å². The summed E-state index contributed by atoms with van der Waals surface area (Å²) in [6, 6.07) is 7.64. The fourth-order valence-corrected chi connectivity index (χ4v) is 5.72. The number of aryl methyl sites for hydroxylation is 1. The number of carbonyl (C=O) groups is 2. The van der Waals surface area contributed by atoms with Gasteiger partial charge in [-0.15, -0.1) is 0 Å². The first-order chi connectivity index (χ1) is 16.0. The van der Waals surface area contributed by atoms with Gasteiger partial charge in [0.05, 0.1) is 31.0 Å². The first-order valence-corrected chi connectivity index (χ1v) is 12.0. The van der Waals surface area contributed by atoms with Crippen LogP contribution in [0.4, 0.5) is 0 Å². The largest absolute Gasteiger partial charge is 0.469 e. The highest BCUT2D eigenvalue weighted by Crippen LogP contribution is 2.34. The molecular weight excluding hydrogens is 442 g/mol. The van der Waals surface area contributed by atoms with Gasteiger partial charge in [0.2, 0.25) is 5.91 Å². The smallest absolute Gasteiger partial charge is 0.308 e. The Morgan fingerprint density at radius 1 is 1.24 bits per heavy atom. The van der Waals surface area contributed by atoms with Gasteiger partial charge in [-0.1, -0.05) is 23.9 Å². The molecule has 9 nitrogen and oxygen atoms in total. The Kier molecular flexibility index (Phi) is 5.69. The summed E-state index contributed by atoms with van der Waals surface area (Å²) in [6.07, 6.45) is 3.01. The first-order valence-electron chi connectivity index (χ1n) is 11.0. The molecule has 2 aromatic heterocycles. The van der Waals surface area contributed by atoms with Crippen LogP contribution < -0.4 is 5.56 Å². The van der Waals surface area contributed by atoms with Crippen molar-refractivity contribution in [2.24, 2.45) is 5.92 Å². The lowest BCUT2D eigenvalue weighted by atomic mass is 9.96. The lowest BCUT2D eigenvalue weighted by Gasteiger charge is -2.31. The second-order valence-corrected chi connectivity index (χ2v) is 9.54. The van der Waals surface area contributed by atoms with Gasteiger partial charge in [0, 0.05) is 25.3 Å². The highest BCUT2D eigenvalue weighted by molar-refractivity contribution is 7.99. The van der Waals surface area contributed by atoms with Crippen molar-refractivity contribution in [1.29, 1.82) is 0 Å². The lowest BCUT2D eigenvalue weighted by molar-refractivity contribution is -0.149. The zero-order chi connectivity index (χ0) is 23.1. The number of methoxy groups -OCH3 is 1. The quantitative estimate of drug-likeness (QED) is 0.429. The minimum Gasteiger partial charge on any atom is -0.469 e. The number of carbonyl (C=O) groups excluding carboxylic acids is 2. The minimum atomic E-state index is -0.248. The summed E-state index contributed by atoms with van der Waals surface area (Å²) in [5.41, 5.74) is 2.31. The fourth-order valence-electron chi connectivity index (χ4n) is 4.59. The van der Waals surface area contributed by atoms with Gasteiger partial charge in [0.25, 0.3) is 5.56 Å². The van der Waals surface area contributed by atoms with E-state index in [0.717, 1.165) is 11.3 Å². The molecule has 1 atom stereocenters. The minimum absolute atomic E-state index is 0.000723. The van der Waals surface area contributed by atoms with Gasteiger partial charge in [0.1, 0.15) is 5.39 Å². The van der Waals surface area contributed by atoms with Crippen molar-refractivity contribution in [3.05, 3.63) is 46.4 Å². The van der Waals surface area contributed by atoms with Crippen molar-refractivity contribution in [2.75, 3.05) is 26.0 Å². The number of rotatable bonds is 4. The summed E-state index contributed by atoms with van der Waals surface area (Å²) in [4.78, 5) is 44.5. The predicted octanol–water partition coefficient (Wildman–Crippen LogP) is 2.34. The molecule has 3 aromatic rings. The molecule has 4 heterocycles. The maximum atomic E-state index is 13.3. The molecule has 172 valence electrons. The number of fused-ring (bicyclic) bond motifs is 2. The van der Waals surface area contributed by atoms with Gasteiger partial charge in [-0.05, 0) is 37.5 Å². The zero-order valence-electron chi connectivity index (χ0n) is 18.6. The maximum absolute atomic E-state index is 13.3. The Labute approximate surface area is 194 Å². The average Bonchev–Trinajstić information content (AvgIpc) is 3.43. The number of aromatic nitrogens is 4. The third-order valence-electron chi connectivity index (χ3n) is 6.41. The molecule has 1 amide bonds. The topological polar surface area (TPSA) is 99.3 Å². The van der Waals surface area contributed by atoms with Crippen LogP contribution in [0, 0.1) is 12.8 Å². The number of piperidine rings is 1.